The van der Waals surface area contributed by atoms with Crippen molar-refractivity contribution in [1.29, 1.82) is 0 Å². The summed E-state index contributed by atoms with van der Waals surface area (Å²) in [5.74, 6) is 2.28. The molecule has 186 valence electrons. The Morgan fingerprint density at radius 1 is 1.00 bits per heavy atom. The number of nitrogens with one attached hydrogen (secondary N) is 3. The molecule has 4 bridgehead atoms. The Kier molecular flexibility index (Phi) is 5.82. The first-order valence-corrected chi connectivity index (χ1v) is 13.1. The number of para-hydroxylation sites is 1. The summed E-state index contributed by atoms with van der Waals surface area (Å²) in [6.07, 6.45) is 11.0. The first-order chi connectivity index (χ1) is 17.5. The Morgan fingerprint density at radius 2 is 1.67 bits per heavy atom. The lowest BCUT2D eigenvalue weighted by molar-refractivity contribution is -0.113. The molecule has 0 saturated heterocycles. The maximum Gasteiger partial charge on any atom is 0.411 e. The second-order valence-electron chi connectivity index (χ2n) is 10.9. The van der Waals surface area contributed by atoms with E-state index in [1.165, 1.54) is 44.1 Å². The number of anilines is 1. The Bertz CT molecular complexity index is 1290. The molecule has 0 atom stereocenters. The molecule has 0 aliphatic heterocycles. The van der Waals surface area contributed by atoms with Gasteiger partial charge in [0.2, 0.25) is 0 Å². The van der Waals surface area contributed by atoms with Crippen molar-refractivity contribution in [3.63, 3.8) is 0 Å². The molecule has 2 amide bonds. The highest BCUT2D eigenvalue weighted by atomic mass is 16.5. The number of hydrogen-bond donors (Lipinski definition) is 3. The molecular formula is C30H33N3O3. The summed E-state index contributed by atoms with van der Waals surface area (Å²) in [7, 11) is 0. The van der Waals surface area contributed by atoms with Gasteiger partial charge in [0, 0.05) is 28.4 Å². The predicted octanol–water partition coefficient (Wildman–Crippen LogP) is 6.36. The fourth-order valence-corrected chi connectivity index (χ4v) is 7.37. The van der Waals surface area contributed by atoms with Crippen molar-refractivity contribution in [2.24, 2.45) is 17.8 Å². The third-order valence-corrected chi connectivity index (χ3v) is 8.47. The smallest absolute Gasteiger partial charge is 0.411 e. The second kappa shape index (κ2) is 9.16. The molecule has 0 radical (unpaired) electrons. The van der Waals surface area contributed by atoms with E-state index in [9.17, 15) is 9.59 Å². The maximum atomic E-state index is 13.3. The van der Waals surface area contributed by atoms with E-state index in [0.29, 0.717) is 11.1 Å². The number of amides is 2. The van der Waals surface area contributed by atoms with Crippen LogP contribution in [0, 0.1) is 17.8 Å². The summed E-state index contributed by atoms with van der Waals surface area (Å²) in [5.41, 5.74) is 4.35. The number of rotatable bonds is 6. The van der Waals surface area contributed by atoms with E-state index in [4.69, 9.17) is 4.74 Å². The van der Waals surface area contributed by atoms with Gasteiger partial charge >= 0.3 is 6.09 Å². The Hall–Kier alpha value is -3.54. The monoisotopic (exact) mass is 483 g/mol. The standard InChI is InChI=1S/C30H33N3O3/c1-2-36-29(35)33-27(14-22-18-31-26-6-4-3-5-25(22)26)28(34)32-24-9-7-23(8-10-24)30-15-19-11-20(16-30)13-21(12-19)17-30/h3-10,14,18-21,31H,2,11-13,15-17H2,1H3,(H,32,34)(H,33,35)/b27-14-. The van der Waals surface area contributed by atoms with Crippen LogP contribution < -0.4 is 10.6 Å². The van der Waals surface area contributed by atoms with Gasteiger partial charge in [-0.1, -0.05) is 30.3 Å². The van der Waals surface area contributed by atoms with Crippen molar-refractivity contribution in [3.8, 4) is 0 Å². The number of aromatic nitrogens is 1. The molecule has 3 aromatic rings. The van der Waals surface area contributed by atoms with Crippen LogP contribution in [0.1, 0.15) is 56.6 Å². The van der Waals surface area contributed by atoms with Crippen molar-refractivity contribution in [2.45, 2.75) is 50.9 Å². The van der Waals surface area contributed by atoms with E-state index in [2.05, 4.69) is 27.8 Å². The molecule has 6 heteroatoms. The fraction of sp³-hybridized carbons (Fsp3) is 0.400. The van der Waals surface area contributed by atoms with Crippen LogP contribution in [0.15, 0.2) is 60.4 Å². The minimum absolute atomic E-state index is 0.128. The fourth-order valence-electron chi connectivity index (χ4n) is 7.37. The third kappa shape index (κ3) is 4.29. The summed E-state index contributed by atoms with van der Waals surface area (Å²) < 4.78 is 5.03. The number of aromatic amines is 1. The number of fused-ring (bicyclic) bond motifs is 1. The predicted molar refractivity (Wildman–Crippen MR) is 141 cm³/mol. The quantitative estimate of drug-likeness (QED) is 0.357. The third-order valence-electron chi connectivity index (χ3n) is 8.47. The number of alkyl carbamates (subject to hydrolysis) is 1. The van der Waals surface area contributed by atoms with E-state index >= 15 is 0 Å². The molecule has 4 saturated carbocycles. The molecule has 6 nitrogen and oxygen atoms in total. The minimum atomic E-state index is -0.657. The van der Waals surface area contributed by atoms with Gasteiger partial charge in [-0.05, 0) is 98.5 Å². The van der Waals surface area contributed by atoms with Gasteiger partial charge in [-0.2, -0.15) is 0 Å². The normalized spacial score (nSPS) is 26.7. The van der Waals surface area contributed by atoms with Gasteiger partial charge in [0.25, 0.3) is 5.91 Å². The number of carbonyl (C=O) groups excluding carboxylic acids is 2. The zero-order chi connectivity index (χ0) is 24.7. The van der Waals surface area contributed by atoms with Crippen LogP contribution in [0.3, 0.4) is 0 Å². The number of benzene rings is 2. The zero-order valence-corrected chi connectivity index (χ0v) is 20.7. The molecule has 36 heavy (non-hydrogen) atoms. The van der Waals surface area contributed by atoms with Gasteiger partial charge in [0.15, 0.2) is 0 Å². The highest BCUT2D eigenvalue weighted by molar-refractivity contribution is 6.09. The van der Waals surface area contributed by atoms with Crippen molar-refractivity contribution < 1.29 is 14.3 Å². The van der Waals surface area contributed by atoms with Crippen LogP contribution in [0.5, 0.6) is 0 Å². The van der Waals surface area contributed by atoms with Crippen LogP contribution >= 0.6 is 0 Å². The van der Waals surface area contributed by atoms with Crippen LogP contribution in [-0.4, -0.2) is 23.6 Å². The lowest BCUT2D eigenvalue weighted by atomic mass is 9.48. The molecule has 0 spiro atoms. The second-order valence-corrected chi connectivity index (χ2v) is 10.9. The lowest BCUT2D eigenvalue weighted by Gasteiger charge is -2.57. The van der Waals surface area contributed by atoms with Gasteiger partial charge in [0.05, 0.1) is 6.61 Å². The van der Waals surface area contributed by atoms with E-state index in [1.54, 1.807) is 13.0 Å². The Balaban J connectivity index is 1.22. The number of ether oxygens (including phenoxy) is 1. The average Bonchev–Trinajstić information content (AvgIpc) is 3.26. The molecule has 2 aromatic carbocycles. The maximum absolute atomic E-state index is 13.3. The van der Waals surface area contributed by atoms with Crippen molar-refractivity contribution in [3.05, 3.63) is 71.6 Å². The molecule has 4 fully saturated rings. The molecule has 4 aliphatic carbocycles. The average molecular weight is 484 g/mol. The Labute approximate surface area is 211 Å². The molecule has 4 aliphatic rings. The molecule has 1 aromatic heterocycles. The van der Waals surface area contributed by atoms with Gasteiger partial charge in [-0.25, -0.2) is 4.79 Å². The van der Waals surface area contributed by atoms with E-state index < -0.39 is 12.0 Å². The number of hydrogen-bond acceptors (Lipinski definition) is 3. The molecule has 1 heterocycles. The Morgan fingerprint density at radius 3 is 2.33 bits per heavy atom. The lowest BCUT2D eigenvalue weighted by Crippen LogP contribution is -2.48. The molecular weight excluding hydrogens is 450 g/mol. The van der Waals surface area contributed by atoms with Crippen LogP contribution in [0.4, 0.5) is 10.5 Å². The van der Waals surface area contributed by atoms with E-state index in [-0.39, 0.29) is 12.3 Å². The largest absolute Gasteiger partial charge is 0.450 e. The number of H-pyrrole nitrogens is 1. The SMILES string of the molecule is CCOC(=O)N/C(=C\c1c[nH]c2ccccc12)C(=O)Nc1ccc(C23CC4CC(CC(C4)C2)C3)cc1. The van der Waals surface area contributed by atoms with Crippen molar-refractivity contribution in [1.82, 2.24) is 10.3 Å². The van der Waals surface area contributed by atoms with Gasteiger partial charge in [-0.15, -0.1) is 0 Å². The minimum Gasteiger partial charge on any atom is -0.450 e. The van der Waals surface area contributed by atoms with Crippen LogP contribution in [-0.2, 0) is 14.9 Å². The molecule has 3 N–H and O–H groups in total. The van der Waals surface area contributed by atoms with Crippen LogP contribution in [0.25, 0.3) is 17.0 Å². The molecule has 7 rings (SSSR count). The highest BCUT2D eigenvalue weighted by Gasteiger charge is 2.51. The summed E-state index contributed by atoms with van der Waals surface area (Å²) in [5, 5.41) is 6.54. The summed E-state index contributed by atoms with van der Waals surface area (Å²) in [6, 6.07) is 16.2. The highest BCUT2D eigenvalue weighted by Crippen LogP contribution is 2.60. The topological polar surface area (TPSA) is 83.2 Å². The van der Waals surface area contributed by atoms with Crippen molar-refractivity contribution in [2.75, 3.05) is 11.9 Å². The summed E-state index contributed by atoms with van der Waals surface area (Å²) in [6.45, 7) is 1.95. The van der Waals surface area contributed by atoms with Crippen molar-refractivity contribution >= 4 is 34.7 Å². The summed E-state index contributed by atoms with van der Waals surface area (Å²) >= 11 is 0. The van der Waals surface area contributed by atoms with E-state index in [0.717, 1.165) is 34.2 Å². The van der Waals surface area contributed by atoms with E-state index in [1.807, 2.05) is 42.6 Å². The van der Waals surface area contributed by atoms with Crippen LogP contribution in [0.2, 0.25) is 0 Å². The first kappa shape index (κ1) is 22.9. The van der Waals surface area contributed by atoms with Gasteiger partial charge < -0.3 is 15.0 Å². The zero-order valence-electron chi connectivity index (χ0n) is 20.7. The summed E-state index contributed by atoms with van der Waals surface area (Å²) in [4.78, 5) is 28.7. The van der Waals surface area contributed by atoms with Gasteiger partial charge in [0.1, 0.15) is 5.70 Å². The number of carbonyl (C=O) groups is 2. The first-order valence-electron chi connectivity index (χ1n) is 13.1. The molecule has 0 unspecified atom stereocenters. The van der Waals surface area contributed by atoms with Gasteiger partial charge in [-0.3, -0.25) is 10.1 Å².